The fourth-order valence-electron chi connectivity index (χ4n) is 7.47. The second kappa shape index (κ2) is 15.6. The van der Waals surface area contributed by atoms with E-state index in [2.05, 4.69) is 16.0 Å². The van der Waals surface area contributed by atoms with Gasteiger partial charge in [0.15, 0.2) is 0 Å². The van der Waals surface area contributed by atoms with Crippen LogP contribution in [0.3, 0.4) is 0 Å². The number of carbonyl (C=O) groups excluding carboxylic acids is 2. The molecule has 10 nitrogen and oxygen atoms in total. The molecule has 0 saturated carbocycles. The van der Waals surface area contributed by atoms with Gasteiger partial charge in [-0.3, -0.25) is 4.79 Å². The van der Waals surface area contributed by atoms with Gasteiger partial charge in [-0.1, -0.05) is 48.0 Å². The number of hydrogen-bond acceptors (Lipinski definition) is 7. The molecule has 2 unspecified atom stereocenters. The van der Waals surface area contributed by atoms with Crippen molar-refractivity contribution in [1.29, 1.82) is 0 Å². The summed E-state index contributed by atoms with van der Waals surface area (Å²) in [6.45, 7) is 6.55. The number of sulfonamides is 1. The van der Waals surface area contributed by atoms with Gasteiger partial charge < -0.3 is 25.4 Å². The van der Waals surface area contributed by atoms with E-state index < -0.39 is 45.3 Å². The largest absolute Gasteiger partial charge is 0.453 e. The summed E-state index contributed by atoms with van der Waals surface area (Å²) >= 11 is 6.23. The summed E-state index contributed by atoms with van der Waals surface area (Å²) in [4.78, 5) is 27.4. The van der Waals surface area contributed by atoms with E-state index in [4.69, 9.17) is 21.1 Å². The van der Waals surface area contributed by atoms with Crippen LogP contribution in [0, 0.1) is 5.82 Å². The van der Waals surface area contributed by atoms with E-state index in [0.717, 1.165) is 5.56 Å². The molecule has 3 aromatic rings. The Morgan fingerprint density at radius 1 is 1.02 bits per heavy atom. The SMILES string of the molecule is COC(=O)N[C@H](C(=O)Nc1cccc(F)c1CC[C@H]1CNC[C@H](C)N1S(=O)(=O)c1ccccc1)C1(c2ccc(Cl)cc2)CC(C)O[C@@H](C)C1. The highest BCUT2D eigenvalue weighted by atomic mass is 35.5. The number of ether oxygens (including phenoxy) is 2. The summed E-state index contributed by atoms with van der Waals surface area (Å²) < 4.78 is 55.6. The van der Waals surface area contributed by atoms with Gasteiger partial charge in [0.05, 0.1) is 24.2 Å². The highest BCUT2D eigenvalue weighted by Gasteiger charge is 2.50. The molecule has 3 N–H and O–H groups in total. The van der Waals surface area contributed by atoms with E-state index in [-0.39, 0.29) is 47.2 Å². The molecular weight excluding hydrogens is 671 g/mol. The van der Waals surface area contributed by atoms with Gasteiger partial charge in [-0.15, -0.1) is 0 Å². The van der Waals surface area contributed by atoms with Crippen LogP contribution in [0.15, 0.2) is 77.7 Å². The lowest BCUT2D eigenvalue weighted by molar-refractivity contribution is -0.124. The highest BCUT2D eigenvalue weighted by Crippen LogP contribution is 2.43. The maximum atomic E-state index is 15.6. The molecule has 2 aliphatic heterocycles. The minimum Gasteiger partial charge on any atom is -0.453 e. The van der Waals surface area contributed by atoms with Gasteiger partial charge in [-0.05, 0) is 88.4 Å². The van der Waals surface area contributed by atoms with Crippen LogP contribution in [0.4, 0.5) is 14.9 Å². The van der Waals surface area contributed by atoms with Gasteiger partial charge in [0, 0.05) is 46.9 Å². The predicted molar refractivity (Wildman–Crippen MR) is 187 cm³/mol. The van der Waals surface area contributed by atoms with Crippen molar-refractivity contribution < 1.29 is 31.9 Å². The molecule has 5 rings (SSSR count). The fourth-order valence-corrected chi connectivity index (χ4v) is 9.47. The molecule has 2 saturated heterocycles. The number of amides is 2. The zero-order valence-electron chi connectivity index (χ0n) is 28.1. The molecule has 0 spiro atoms. The molecular formula is C36H44ClFN4O6S. The predicted octanol–water partition coefficient (Wildman–Crippen LogP) is 5.65. The van der Waals surface area contributed by atoms with Gasteiger partial charge >= 0.3 is 6.09 Å². The quantitative estimate of drug-likeness (QED) is 0.248. The normalized spacial score (nSPS) is 25.3. The molecule has 264 valence electrons. The maximum absolute atomic E-state index is 15.6. The summed E-state index contributed by atoms with van der Waals surface area (Å²) in [6, 6.07) is 17.9. The van der Waals surface area contributed by atoms with Crippen molar-refractivity contribution in [3.63, 3.8) is 0 Å². The number of piperazine rings is 1. The van der Waals surface area contributed by atoms with Crippen molar-refractivity contribution in [3.8, 4) is 0 Å². The Kier molecular flexibility index (Phi) is 11.7. The van der Waals surface area contributed by atoms with Crippen LogP contribution in [-0.2, 0) is 36.1 Å². The Balaban J connectivity index is 1.46. The van der Waals surface area contributed by atoms with Crippen LogP contribution < -0.4 is 16.0 Å². The zero-order valence-corrected chi connectivity index (χ0v) is 29.7. The van der Waals surface area contributed by atoms with E-state index in [1.165, 1.54) is 23.5 Å². The zero-order chi connectivity index (χ0) is 35.3. The molecule has 0 radical (unpaired) electrons. The van der Waals surface area contributed by atoms with Crippen LogP contribution in [0.5, 0.6) is 0 Å². The number of hydrogen-bond donors (Lipinski definition) is 3. The van der Waals surface area contributed by atoms with Gasteiger partial charge in [0.2, 0.25) is 15.9 Å². The lowest BCUT2D eigenvalue weighted by Crippen LogP contribution is -2.60. The number of alkyl carbamates (subject to hydrolysis) is 1. The second-order valence-corrected chi connectivity index (χ2v) is 15.3. The van der Waals surface area contributed by atoms with Crippen molar-refractivity contribution in [2.24, 2.45) is 0 Å². The third kappa shape index (κ3) is 8.10. The Bertz CT molecular complexity index is 1720. The van der Waals surface area contributed by atoms with Crippen molar-refractivity contribution in [1.82, 2.24) is 14.9 Å². The minimum atomic E-state index is -3.83. The van der Waals surface area contributed by atoms with E-state index in [1.807, 2.05) is 32.9 Å². The van der Waals surface area contributed by atoms with Crippen LogP contribution in [0.1, 0.15) is 51.2 Å². The first-order valence-electron chi connectivity index (χ1n) is 16.5. The van der Waals surface area contributed by atoms with Crippen LogP contribution >= 0.6 is 11.6 Å². The summed E-state index contributed by atoms with van der Waals surface area (Å²) in [7, 11) is -2.60. The van der Waals surface area contributed by atoms with Gasteiger partial charge in [0.25, 0.3) is 0 Å². The molecule has 6 atom stereocenters. The maximum Gasteiger partial charge on any atom is 0.407 e. The summed E-state index contributed by atoms with van der Waals surface area (Å²) in [5.41, 5.74) is 0.324. The number of nitrogens with zero attached hydrogens (tertiary/aromatic N) is 1. The summed E-state index contributed by atoms with van der Waals surface area (Å²) in [5.74, 6) is -1.10. The van der Waals surface area contributed by atoms with E-state index in [0.29, 0.717) is 31.0 Å². The number of methoxy groups -OCH3 is 1. The van der Waals surface area contributed by atoms with Gasteiger partial charge in [-0.25, -0.2) is 17.6 Å². The molecule has 2 heterocycles. The van der Waals surface area contributed by atoms with Crippen molar-refractivity contribution >= 4 is 39.3 Å². The number of rotatable bonds is 10. The Morgan fingerprint density at radius 3 is 2.35 bits per heavy atom. The second-order valence-electron chi connectivity index (χ2n) is 13.0. The number of nitrogens with one attached hydrogen (secondary N) is 3. The smallest absolute Gasteiger partial charge is 0.407 e. The number of anilines is 1. The topological polar surface area (TPSA) is 126 Å². The molecule has 2 amide bonds. The standard InChI is InChI=1S/C36H44ClFN4O6S/c1-23-21-39-22-28(42(23)49(45,46)29-9-6-5-7-10-29)17-18-30-31(38)11-8-12-32(30)40-34(43)33(41-35(44)47-4)36(19-24(2)48-25(3)20-36)26-13-15-27(37)16-14-26/h5-16,23-25,28,33,39H,17-22H2,1-4H3,(H,40,43)(H,41,44)/t23-,24-,25?,28-,33+,36?/m0/s1. The molecule has 49 heavy (non-hydrogen) atoms. The Labute approximate surface area is 292 Å². The van der Waals surface area contributed by atoms with Crippen LogP contribution in [-0.4, -0.2) is 75.3 Å². The number of carbonyl (C=O) groups is 2. The van der Waals surface area contributed by atoms with E-state index in [9.17, 15) is 18.0 Å². The Hall–Kier alpha value is -3.55. The molecule has 2 aliphatic rings. The molecule has 0 aromatic heterocycles. The third-order valence-electron chi connectivity index (χ3n) is 9.49. The molecule has 0 bridgehead atoms. The molecule has 3 aromatic carbocycles. The van der Waals surface area contributed by atoms with Gasteiger partial charge in [0.1, 0.15) is 11.9 Å². The minimum absolute atomic E-state index is 0.140. The van der Waals surface area contributed by atoms with Crippen molar-refractivity contribution in [2.45, 2.75) is 87.1 Å². The summed E-state index contributed by atoms with van der Waals surface area (Å²) in [6.07, 6.45) is -0.0651. The average molecular weight is 715 g/mol. The van der Waals surface area contributed by atoms with Crippen LogP contribution in [0.25, 0.3) is 0 Å². The van der Waals surface area contributed by atoms with Crippen molar-refractivity contribution in [3.05, 3.63) is 94.8 Å². The molecule has 13 heteroatoms. The molecule has 2 fully saturated rings. The van der Waals surface area contributed by atoms with Gasteiger partial charge in [-0.2, -0.15) is 4.31 Å². The average Bonchev–Trinajstić information content (AvgIpc) is 3.06. The monoisotopic (exact) mass is 714 g/mol. The first-order valence-corrected chi connectivity index (χ1v) is 18.3. The number of benzene rings is 3. The molecule has 0 aliphatic carbocycles. The van der Waals surface area contributed by atoms with E-state index >= 15 is 4.39 Å². The third-order valence-corrected chi connectivity index (χ3v) is 11.8. The Morgan fingerprint density at radius 2 is 1.69 bits per heavy atom. The van der Waals surface area contributed by atoms with Crippen molar-refractivity contribution in [2.75, 3.05) is 25.5 Å². The first kappa shape index (κ1) is 36.7. The van der Waals surface area contributed by atoms with E-state index in [1.54, 1.807) is 48.5 Å². The first-order chi connectivity index (χ1) is 23.4. The number of halogens is 2. The summed E-state index contributed by atoms with van der Waals surface area (Å²) in [5, 5.41) is 9.51. The lowest BCUT2D eigenvalue weighted by Gasteiger charge is -2.47. The lowest BCUT2D eigenvalue weighted by atomic mass is 9.65. The fraction of sp³-hybridized carbons (Fsp3) is 0.444. The highest BCUT2D eigenvalue weighted by molar-refractivity contribution is 7.89. The van der Waals surface area contributed by atoms with Crippen LogP contribution in [0.2, 0.25) is 5.02 Å².